The number of nitrogens with zero attached hydrogens (tertiary/aromatic N) is 5. The predicted molar refractivity (Wildman–Crippen MR) is 301 cm³/mol. The number of H-pyrrole nitrogens is 1. The SMILES string of the molecule is CCCCC(CC)CN(CC(CC)CCCC)C(=O)c1cc(OS(=O)Nc2ccc(C)c(OS(=O)NC(C)c3nnc4cc(C(C)(C)C)[nH]n34)c2)cc(C(=O)N(CC(CC)CCCC)CC(CC)CCCC)c1. The topological polar surface area (TPSA) is 163 Å². The summed E-state index contributed by atoms with van der Waals surface area (Å²) in [5, 5.41) is 12.0. The van der Waals surface area contributed by atoms with Crippen molar-refractivity contribution in [2.75, 3.05) is 30.9 Å². The first-order chi connectivity index (χ1) is 34.9. The Morgan fingerprint density at radius 1 is 0.658 bits per heavy atom. The Morgan fingerprint density at radius 3 is 1.55 bits per heavy atom. The van der Waals surface area contributed by atoms with Crippen LogP contribution in [0.4, 0.5) is 5.69 Å². The molecule has 16 heteroatoms. The fraction of sp³-hybridized carbons (Fsp3) is 0.684. The van der Waals surface area contributed by atoms with E-state index in [1.54, 1.807) is 40.9 Å². The lowest BCUT2D eigenvalue weighted by molar-refractivity contribution is 0.0681. The second-order valence-corrected chi connectivity index (χ2v) is 23.3. The molecule has 0 fully saturated rings. The first-order valence-electron chi connectivity index (χ1n) is 27.9. The average Bonchev–Trinajstić information content (AvgIpc) is 3.98. The molecule has 0 aliphatic heterocycles. The molecule has 7 atom stereocenters. The summed E-state index contributed by atoms with van der Waals surface area (Å²) in [4.78, 5) is 34.3. The Balaban J connectivity index is 1.69. The molecule has 0 aliphatic carbocycles. The van der Waals surface area contributed by atoms with Gasteiger partial charge < -0.3 is 18.2 Å². The molecule has 4 aromatic rings. The summed E-state index contributed by atoms with van der Waals surface area (Å²) < 4.78 is 47.3. The molecule has 410 valence electrons. The van der Waals surface area contributed by atoms with Crippen LogP contribution in [-0.2, 0) is 27.9 Å². The van der Waals surface area contributed by atoms with Crippen molar-refractivity contribution in [3.05, 3.63) is 70.7 Å². The van der Waals surface area contributed by atoms with Crippen molar-refractivity contribution in [2.24, 2.45) is 23.7 Å². The number of rotatable bonds is 35. The number of benzene rings is 2. The summed E-state index contributed by atoms with van der Waals surface area (Å²) in [7, 11) is 0. The van der Waals surface area contributed by atoms with Gasteiger partial charge in [-0.25, -0.2) is 4.52 Å². The second-order valence-electron chi connectivity index (χ2n) is 21.6. The standard InChI is InChI=1S/C57H94N8O6S2/c1-14-22-26-43(18-5)37-63(38-44(19-6)27-23-15-2)55(66)47-32-48(56(67)64(39-45(20-7)28-24-16-3)40-46(21-8)29-25-17-4)34-50(33-47)70-73(69)62-49-31-30-41(9)51(35-49)71-72(68)61-42(10)54-59-58-53-36-52(57(11,12)13)60-65(53)54/h30-36,42-46,60-62H,14-29,37-40H2,1-13H3. The van der Waals surface area contributed by atoms with Crippen LogP contribution >= 0.6 is 0 Å². The Kier molecular flexibility index (Phi) is 26.0. The van der Waals surface area contributed by atoms with E-state index in [-0.39, 0.29) is 23.0 Å². The predicted octanol–water partition coefficient (Wildman–Crippen LogP) is 13.8. The summed E-state index contributed by atoms with van der Waals surface area (Å²) >= 11 is -4.19. The van der Waals surface area contributed by atoms with E-state index < -0.39 is 28.6 Å². The van der Waals surface area contributed by atoms with E-state index in [1.165, 1.54) is 0 Å². The van der Waals surface area contributed by atoms with Crippen molar-refractivity contribution in [3.63, 3.8) is 0 Å². The number of anilines is 1. The number of amides is 2. The molecule has 2 aromatic carbocycles. The Morgan fingerprint density at radius 2 is 1.12 bits per heavy atom. The van der Waals surface area contributed by atoms with E-state index in [2.05, 4.69) is 101 Å². The number of aromatic amines is 1. The zero-order valence-electron chi connectivity index (χ0n) is 47.1. The molecular formula is C57H94N8O6S2. The molecule has 14 nitrogen and oxygen atoms in total. The summed E-state index contributed by atoms with van der Waals surface area (Å²) in [6, 6.07) is 11.6. The first kappa shape index (κ1) is 61.3. The molecule has 0 spiro atoms. The third-order valence-corrected chi connectivity index (χ3v) is 16.1. The van der Waals surface area contributed by atoms with Gasteiger partial charge in [0.25, 0.3) is 23.1 Å². The van der Waals surface area contributed by atoms with E-state index in [0.29, 0.717) is 89.4 Å². The molecule has 2 heterocycles. The van der Waals surface area contributed by atoms with Gasteiger partial charge in [-0.05, 0) is 93.0 Å². The fourth-order valence-corrected chi connectivity index (χ4v) is 10.8. The van der Waals surface area contributed by atoms with Crippen LogP contribution < -0.4 is 17.8 Å². The minimum Gasteiger partial charge on any atom is -0.389 e. The summed E-state index contributed by atoms with van der Waals surface area (Å²) in [6.45, 7) is 30.1. The summed E-state index contributed by atoms with van der Waals surface area (Å²) in [6.07, 6.45) is 16.8. The maximum atomic E-state index is 15.1. The smallest absolute Gasteiger partial charge is 0.316 e. The molecule has 7 unspecified atom stereocenters. The van der Waals surface area contributed by atoms with Gasteiger partial charge in [0.05, 0.1) is 11.7 Å². The lowest BCUT2D eigenvalue weighted by Gasteiger charge is -2.32. The van der Waals surface area contributed by atoms with Crippen LogP contribution in [0.5, 0.6) is 11.5 Å². The van der Waals surface area contributed by atoms with Gasteiger partial charge in [-0.3, -0.25) is 19.4 Å². The molecule has 0 radical (unpaired) electrons. The van der Waals surface area contributed by atoms with E-state index in [9.17, 15) is 8.42 Å². The fourth-order valence-electron chi connectivity index (χ4n) is 9.38. The quantitative estimate of drug-likeness (QED) is 0.0410. The highest BCUT2D eigenvalue weighted by atomic mass is 32.2. The zero-order valence-corrected chi connectivity index (χ0v) is 48.7. The third kappa shape index (κ3) is 19.1. The molecule has 0 saturated carbocycles. The highest BCUT2D eigenvalue weighted by Crippen LogP contribution is 2.30. The monoisotopic (exact) mass is 1050 g/mol. The van der Waals surface area contributed by atoms with Gasteiger partial charge in [-0.15, -0.1) is 10.2 Å². The number of aromatic nitrogens is 4. The number of hydrogen-bond acceptors (Lipinski definition) is 8. The van der Waals surface area contributed by atoms with E-state index in [4.69, 9.17) is 8.37 Å². The average molecular weight is 1050 g/mol. The second kappa shape index (κ2) is 30.9. The Hall–Kier alpha value is -4.28. The van der Waals surface area contributed by atoms with Gasteiger partial charge >= 0.3 is 11.3 Å². The van der Waals surface area contributed by atoms with Crippen LogP contribution in [0.25, 0.3) is 5.65 Å². The highest BCUT2D eigenvalue weighted by molar-refractivity contribution is 7.82. The van der Waals surface area contributed by atoms with Crippen LogP contribution in [0.1, 0.15) is 230 Å². The maximum Gasteiger partial charge on any atom is 0.316 e. The minimum absolute atomic E-state index is 0.129. The molecule has 2 aromatic heterocycles. The number of hydrogen-bond donors (Lipinski definition) is 3. The Labute approximate surface area is 445 Å². The van der Waals surface area contributed by atoms with E-state index >= 15 is 9.59 Å². The van der Waals surface area contributed by atoms with Gasteiger partial charge in [-0.1, -0.05) is 159 Å². The molecule has 73 heavy (non-hydrogen) atoms. The van der Waals surface area contributed by atoms with Crippen LogP contribution in [-0.4, -0.2) is 76.0 Å². The minimum atomic E-state index is -2.19. The van der Waals surface area contributed by atoms with Crippen molar-refractivity contribution < 1.29 is 26.4 Å². The van der Waals surface area contributed by atoms with Gasteiger partial charge in [0.2, 0.25) is 0 Å². The molecule has 3 N–H and O–H groups in total. The van der Waals surface area contributed by atoms with Gasteiger partial charge in [-0.2, -0.15) is 13.1 Å². The molecular weight excluding hydrogens is 957 g/mol. The van der Waals surface area contributed by atoms with Crippen LogP contribution in [0, 0.1) is 30.6 Å². The van der Waals surface area contributed by atoms with Gasteiger partial charge in [0.1, 0.15) is 11.5 Å². The van der Waals surface area contributed by atoms with Crippen molar-refractivity contribution in [1.29, 1.82) is 0 Å². The molecule has 4 rings (SSSR count). The van der Waals surface area contributed by atoms with Gasteiger partial charge in [0.15, 0.2) is 11.5 Å². The van der Waals surface area contributed by atoms with Crippen molar-refractivity contribution in [2.45, 2.75) is 204 Å². The van der Waals surface area contributed by atoms with E-state index in [0.717, 1.165) is 108 Å². The largest absolute Gasteiger partial charge is 0.389 e. The molecule has 0 bridgehead atoms. The van der Waals surface area contributed by atoms with Crippen LogP contribution in [0.3, 0.4) is 0 Å². The summed E-state index contributed by atoms with van der Waals surface area (Å²) in [5.41, 5.74) is 3.30. The first-order valence-corrected chi connectivity index (χ1v) is 30.1. The maximum absolute atomic E-state index is 15.1. The molecule has 2 amide bonds. The zero-order chi connectivity index (χ0) is 53.7. The number of nitrogens with one attached hydrogen (secondary N) is 3. The lowest BCUT2D eigenvalue weighted by Crippen LogP contribution is -2.40. The number of fused-ring (bicyclic) bond motifs is 1. The highest BCUT2D eigenvalue weighted by Gasteiger charge is 2.29. The normalized spacial score (nSPS) is 14.8. The number of unbranched alkanes of at least 4 members (excludes halogenated alkanes) is 4. The number of carbonyl (C=O) groups excluding carboxylic acids is 2. The van der Waals surface area contributed by atoms with E-state index in [1.807, 2.05) is 29.7 Å². The van der Waals surface area contributed by atoms with Crippen LogP contribution in [0.2, 0.25) is 0 Å². The summed E-state index contributed by atoms with van der Waals surface area (Å²) in [5.74, 6) is 2.06. The number of carbonyl (C=O) groups is 2. The number of aryl methyl sites for hydroxylation is 1. The Bertz CT molecular complexity index is 2240. The third-order valence-electron chi connectivity index (χ3n) is 14.5. The van der Waals surface area contributed by atoms with Crippen LogP contribution in [0.15, 0.2) is 42.5 Å². The van der Waals surface area contributed by atoms with Crippen molar-refractivity contribution >= 4 is 45.7 Å². The van der Waals surface area contributed by atoms with Crippen molar-refractivity contribution in [1.82, 2.24) is 34.3 Å². The molecule has 0 aliphatic rings. The van der Waals surface area contributed by atoms with Crippen molar-refractivity contribution in [3.8, 4) is 11.5 Å². The van der Waals surface area contributed by atoms with Gasteiger partial charge in [0, 0.05) is 60.5 Å². The molecule has 0 saturated heterocycles. The lowest BCUT2D eigenvalue weighted by atomic mass is 9.93.